The van der Waals surface area contributed by atoms with Crippen LogP contribution >= 0.6 is 0 Å². The highest BCUT2D eigenvalue weighted by atomic mass is 32.2. The van der Waals surface area contributed by atoms with Crippen LogP contribution < -0.4 is 5.32 Å². The highest BCUT2D eigenvalue weighted by Gasteiger charge is 2.35. The predicted molar refractivity (Wildman–Crippen MR) is 79.0 cm³/mol. The molecule has 116 valence electrons. The van der Waals surface area contributed by atoms with Gasteiger partial charge in [0.05, 0.1) is 0 Å². The quantitative estimate of drug-likeness (QED) is 0.906. The van der Waals surface area contributed by atoms with Gasteiger partial charge in [0.25, 0.3) is 0 Å². The minimum Gasteiger partial charge on any atom is -0.312 e. The fourth-order valence-corrected chi connectivity index (χ4v) is 4.62. The second kappa shape index (κ2) is 6.02. The summed E-state index contributed by atoms with van der Waals surface area (Å²) < 4.78 is 40.8. The zero-order valence-electron chi connectivity index (χ0n) is 12.0. The Hall–Kier alpha value is -0.980. The maximum atomic E-state index is 13.9. The Labute approximate surface area is 125 Å². The zero-order chi connectivity index (χ0) is 14.9. The van der Waals surface area contributed by atoms with Crippen molar-refractivity contribution in [1.82, 2.24) is 9.62 Å². The monoisotopic (exact) mass is 312 g/mol. The van der Waals surface area contributed by atoms with Crippen LogP contribution in [-0.4, -0.2) is 37.9 Å². The Balaban J connectivity index is 1.82. The van der Waals surface area contributed by atoms with E-state index in [4.69, 9.17) is 0 Å². The van der Waals surface area contributed by atoms with Crippen LogP contribution in [0.5, 0.6) is 0 Å². The first-order chi connectivity index (χ1) is 10.1. The lowest BCUT2D eigenvalue weighted by Gasteiger charge is -2.35. The third-order valence-electron chi connectivity index (χ3n) is 4.22. The second-order valence-corrected chi connectivity index (χ2v) is 7.74. The van der Waals surface area contributed by atoms with Gasteiger partial charge in [-0.15, -0.1) is 0 Å². The van der Waals surface area contributed by atoms with Crippen molar-refractivity contribution in [3.8, 4) is 0 Å². The average Bonchev–Trinajstić information content (AvgIpc) is 3.30. The molecule has 4 nitrogen and oxygen atoms in total. The molecule has 1 aliphatic carbocycles. The molecular formula is C15H21FN2O2S. The molecule has 3 rings (SSSR count). The van der Waals surface area contributed by atoms with Crippen LogP contribution in [0.3, 0.4) is 0 Å². The van der Waals surface area contributed by atoms with E-state index in [1.165, 1.54) is 35.3 Å². The largest absolute Gasteiger partial charge is 0.312 e. The van der Waals surface area contributed by atoms with Gasteiger partial charge in [0, 0.05) is 25.2 Å². The van der Waals surface area contributed by atoms with Gasteiger partial charge in [-0.3, -0.25) is 0 Å². The van der Waals surface area contributed by atoms with Crippen molar-refractivity contribution in [3.05, 3.63) is 30.1 Å². The molecule has 1 aromatic rings. The maximum Gasteiger partial charge on any atom is 0.246 e. The van der Waals surface area contributed by atoms with Gasteiger partial charge in [0.1, 0.15) is 10.7 Å². The van der Waals surface area contributed by atoms with Crippen molar-refractivity contribution in [3.63, 3.8) is 0 Å². The summed E-state index contributed by atoms with van der Waals surface area (Å²) in [5.74, 6) is -0.669. The number of rotatable bonds is 5. The normalized spacial score (nSPS) is 24.1. The molecule has 6 heteroatoms. The average molecular weight is 312 g/mol. The molecule has 1 aliphatic heterocycles. The van der Waals surface area contributed by atoms with E-state index < -0.39 is 15.8 Å². The van der Waals surface area contributed by atoms with Crippen molar-refractivity contribution in [2.75, 3.05) is 13.1 Å². The number of piperidine rings is 1. The summed E-state index contributed by atoms with van der Waals surface area (Å²) in [5, 5.41) is 3.39. The van der Waals surface area contributed by atoms with Crippen LogP contribution in [0.2, 0.25) is 0 Å². The molecule has 1 atom stereocenters. The molecule has 2 fully saturated rings. The summed E-state index contributed by atoms with van der Waals surface area (Å²) >= 11 is 0. The van der Waals surface area contributed by atoms with Crippen LogP contribution in [0.1, 0.15) is 32.1 Å². The molecule has 0 radical (unpaired) electrons. The lowest BCUT2D eigenvalue weighted by Crippen LogP contribution is -2.48. The van der Waals surface area contributed by atoms with Gasteiger partial charge in [-0.1, -0.05) is 18.6 Å². The third-order valence-corrected chi connectivity index (χ3v) is 6.20. The van der Waals surface area contributed by atoms with Gasteiger partial charge >= 0.3 is 0 Å². The van der Waals surface area contributed by atoms with Crippen LogP contribution in [0.4, 0.5) is 4.39 Å². The lowest BCUT2D eigenvalue weighted by atomic mass is 10.1. The smallest absolute Gasteiger partial charge is 0.246 e. The molecule has 21 heavy (non-hydrogen) atoms. The van der Waals surface area contributed by atoms with E-state index in [0.29, 0.717) is 19.1 Å². The zero-order valence-corrected chi connectivity index (χ0v) is 12.8. The molecule has 2 aliphatic rings. The van der Waals surface area contributed by atoms with E-state index in [9.17, 15) is 12.8 Å². The molecule has 0 aromatic heterocycles. The van der Waals surface area contributed by atoms with E-state index in [1.807, 2.05) is 0 Å². The van der Waals surface area contributed by atoms with Crippen LogP contribution in [0, 0.1) is 5.82 Å². The number of nitrogens with one attached hydrogen (secondary N) is 1. The lowest BCUT2D eigenvalue weighted by molar-refractivity contribution is 0.244. The minimum absolute atomic E-state index is 0.0658. The van der Waals surface area contributed by atoms with E-state index in [2.05, 4.69) is 5.32 Å². The second-order valence-electron chi connectivity index (χ2n) is 5.88. The highest BCUT2D eigenvalue weighted by molar-refractivity contribution is 7.89. The summed E-state index contributed by atoms with van der Waals surface area (Å²) in [6.07, 6.45) is 5.06. The number of halogens is 1. The summed E-state index contributed by atoms with van der Waals surface area (Å²) in [4.78, 5) is -0.205. The van der Waals surface area contributed by atoms with E-state index in [1.54, 1.807) is 6.07 Å². The van der Waals surface area contributed by atoms with E-state index >= 15 is 0 Å². The van der Waals surface area contributed by atoms with Crippen molar-refractivity contribution < 1.29 is 12.8 Å². The molecule has 0 bridgehead atoms. The first-order valence-electron chi connectivity index (χ1n) is 7.59. The Morgan fingerprint density at radius 3 is 2.67 bits per heavy atom. The number of nitrogens with zero attached hydrogens (tertiary/aromatic N) is 1. The maximum absolute atomic E-state index is 13.9. The van der Waals surface area contributed by atoms with Gasteiger partial charge in [-0.2, -0.15) is 4.31 Å². The molecule has 0 amide bonds. The number of hydrogen-bond donors (Lipinski definition) is 1. The first kappa shape index (κ1) is 14.9. The fraction of sp³-hybridized carbons (Fsp3) is 0.600. The minimum atomic E-state index is -3.75. The molecule has 1 saturated carbocycles. The predicted octanol–water partition coefficient (Wildman–Crippen LogP) is 2.12. The SMILES string of the molecule is O=S(=O)(c1ccccc1F)N1CCCCC1CNC1CC1. The number of benzene rings is 1. The van der Waals surface area contributed by atoms with Gasteiger partial charge in [-0.25, -0.2) is 12.8 Å². The van der Waals surface area contributed by atoms with Crippen molar-refractivity contribution in [1.29, 1.82) is 0 Å². The van der Waals surface area contributed by atoms with Crippen molar-refractivity contribution >= 4 is 10.0 Å². The molecule has 0 spiro atoms. The summed E-state index contributed by atoms with van der Waals surface area (Å²) in [7, 11) is -3.75. The Bertz CT molecular complexity index is 601. The van der Waals surface area contributed by atoms with Crippen LogP contribution in [-0.2, 0) is 10.0 Å². The van der Waals surface area contributed by atoms with Gasteiger partial charge in [0.15, 0.2) is 0 Å². The van der Waals surface area contributed by atoms with Crippen LogP contribution in [0.15, 0.2) is 29.2 Å². The fourth-order valence-electron chi connectivity index (χ4n) is 2.86. The summed E-state index contributed by atoms with van der Waals surface area (Å²) in [5.41, 5.74) is 0. The first-order valence-corrected chi connectivity index (χ1v) is 9.03. The third kappa shape index (κ3) is 3.27. The topological polar surface area (TPSA) is 49.4 Å². The Morgan fingerprint density at radius 2 is 1.95 bits per heavy atom. The standard InChI is InChI=1S/C15H21FN2O2S/c16-14-6-1-2-7-15(14)21(19,20)18-10-4-3-5-13(18)11-17-12-8-9-12/h1-2,6-7,12-13,17H,3-5,8-11H2. The summed E-state index contributed by atoms with van der Waals surface area (Å²) in [6, 6.07) is 6.11. The Kier molecular flexibility index (Phi) is 4.28. The Morgan fingerprint density at radius 1 is 1.19 bits per heavy atom. The molecule has 1 heterocycles. The van der Waals surface area contributed by atoms with E-state index in [0.717, 1.165) is 19.3 Å². The number of hydrogen-bond acceptors (Lipinski definition) is 3. The van der Waals surface area contributed by atoms with Gasteiger partial charge < -0.3 is 5.32 Å². The summed E-state index contributed by atoms with van der Waals surface area (Å²) in [6.45, 7) is 1.14. The van der Waals surface area contributed by atoms with Gasteiger partial charge in [0.2, 0.25) is 10.0 Å². The molecule has 1 unspecified atom stereocenters. The van der Waals surface area contributed by atoms with E-state index in [-0.39, 0.29) is 10.9 Å². The van der Waals surface area contributed by atoms with Crippen molar-refractivity contribution in [2.45, 2.75) is 49.1 Å². The number of sulfonamides is 1. The molecule has 1 aromatic carbocycles. The highest BCUT2D eigenvalue weighted by Crippen LogP contribution is 2.27. The molecular weight excluding hydrogens is 291 g/mol. The van der Waals surface area contributed by atoms with Gasteiger partial charge in [-0.05, 0) is 37.8 Å². The molecule has 1 N–H and O–H groups in total. The molecule has 1 saturated heterocycles. The van der Waals surface area contributed by atoms with Crippen LogP contribution in [0.25, 0.3) is 0 Å². The van der Waals surface area contributed by atoms with Crippen molar-refractivity contribution in [2.24, 2.45) is 0 Å².